The molecule has 0 heterocycles. The normalized spacial score (nSPS) is 10.4. The van der Waals surface area contributed by atoms with Gasteiger partial charge in [-0.25, -0.2) is 0 Å². The van der Waals surface area contributed by atoms with Crippen LogP contribution in [-0.4, -0.2) is 37.3 Å². The highest BCUT2D eigenvalue weighted by Gasteiger charge is 2.11. The van der Waals surface area contributed by atoms with Gasteiger partial charge in [0.2, 0.25) is 0 Å². The van der Waals surface area contributed by atoms with E-state index < -0.39 is 0 Å². The third-order valence-electron chi connectivity index (χ3n) is 3.26. The van der Waals surface area contributed by atoms with Gasteiger partial charge >= 0.3 is 0 Å². The van der Waals surface area contributed by atoms with Crippen LogP contribution in [0.4, 0.5) is 0 Å². The van der Waals surface area contributed by atoms with Crippen molar-refractivity contribution >= 4 is 12.1 Å². The van der Waals surface area contributed by atoms with Gasteiger partial charge in [0, 0.05) is 18.3 Å². The van der Waals surface area contributed by atoms with Gasteiger partial charge in [0.15, 0.2) is 0 Å². The Morgan fingerprint density at radius 3 is 2.08 bits per heavy atom. The molecule has 0 unspecified atom stereocenters. The lowest BCUT2D eigenvalue weighted by Gasteiger charge is -2.19. The molecular formula is C22H31N3O. The average Bonchev–Trinajstić information content (AvgIpc) is 2.68. The molecule has 0 fully saturated rings. The number of nitrogens with one attached hydrogen (secondary N) is 2. The van der Waals surface area contributed by atoms with Crippen molar-refractivity contribution < 1.29 is 4.79 Å². The fourth-order valence-corrected chi connectivity index (χ4v) is 1.83. The number of nitrogens with zero attached hydrogens (tertiary/aromatic N) is 1. The maximum Gasteiger partial charge on any atom is 0.254 e. The Morgan fingerprint density at radius 2 is 1.65 bits per heavy atom. The minimum Gasteiger partial charge on any atom is -0.326 e. The van der Waals surface area contributed by atoms with Gasteiger partial charge in [0.25, 0.3) is 5.91 Å². The molecule has 0 aliphatic carbocycles. The molecule has 0 aliphatic heterocycles. The van der Waals surface area contributed by atoms with Crippen LogP contribution in [0.3, 0.4) is 0 Å². The van der Waals surface area contributed by atoms with Crippen molar-refractivity contribution in [2.75, 3.05) is 20.3 Å². The van der Waals surface area contributed by atoms with Crippen LogP contribution in [0.5, 0.6) is 0 Å². The molecule has 0 saturated heterocycles. The first-order valence-electron chi connectivity index (χ1n) is 8.72. The number of hydrogen-bond donors (Lipinski definition) is 2. The summed E-state index contributed by atoms with van der Waals surface area (Å²) < 4.78 is 0. The molecule has 0 aliphatic rings. The van der Waals surface area contributed by atoms with E-state index in [9.17, 15) is 4.79 Å². The Hall–Kier alpha value is -2.72. The smallest absolute Gasteiger partial charge is 0.254 e. The van der Waals surface area contributed by atoms with E-state index in [2.05, 4.69) is 5.32 Å². The number of rotatable bonds is 6. The molecule has 140 valence electrons. The van der Waals surface area contributed by atoms with Crippen LogP contribution in [0.25, 0.3) is 0 Å². The zero-order chi connectivity index (χ0) is 19.6. The number of amides is 1. The fraction of sp³-hybridized carbons (Fsp3) is 0.273. The molecule has 2 N–H and O–H groups in total. The van der Waals surface area contributed by atoms with Crippen molar-refractivity contribution in [3.05, 3.63) is 84.0 Å². The van der Waals surface area contributed by atoms with Crippen LogP contribution in [0.15, 0.2) is 78.4 Å². The molecule has 0 atom stereocenters. The van der Waals surface area contributed by atoms with Crippen LogP contribution in [0.1, 0.15) is 31.1 Å². The van der Waals surface area contributed by atoms with Crippen LogP contribution < -0.4 is 5.32 Å². The predicted octanol–water partition coefficient (Wildman–Crippen LogP) is 4.61. The number of hydrogen-bond acceptors (Lipinski definition) is 3. The van der Waals surface area contributed by atoms with E-state index in [-0.39, 0.29) is 5.91 Å². The molecule has 1 aromatic rings. The van der Waals surface area contributed by atoms with E-state index >= 15 is 0 Å². The molecule has 1 amide bonds. The average molecular weight is 354 g/mol. The summed E-state index contributed by atoms with van der Waals surface area (Å²) in [7, 11) is 1.83. The molecule has 0 bridgehead atoms. The molecule has 1 aromatic carbocycles. The largest absolute Gasteiger partial charge is 0.326 e. The van der Waals surface area contributed by atoms with Gasteiger partial charge < -0.3 is 15.6 Å². The fourth-order valence-electron chi connectivity index (χ4n) is 1.83. The summed E-state index contributed by atoms with van der Waals surface area (Å²) in [5.41, 5.74) is 1.66. The Kier molecular flexibility index (Phi) is 14.1. The van der Waals surface area contributed by atoms with Gasteiger partial charge in [0.05, 0.1) is 6.67 Å². The Balaban J connectivity index is 0.000000660. The number of carbonyl (C=O) groups is 1. The SMILES string of the molecule is C/C=C/C=C(/C)C=N.CCN(CNC)C(=O)c1ccccccccc1. The van der Waals surface area contributed by atoms with E-state index in [1.165, 1.54) is 6.21 Å². The third kappa shape index (κ3) is 10.9. The zero-order valence-corrected chi connectivity index (χ0v) is 16.3. The van der Waals surface area contributed by atoms with Crippen molar-refractivity contribution in [1.29, 1.82) is 5.41 Å². The maximum atomic E-state index is 12.3. The van der Waals surface area contributed by atoms with E-state index in [1.54, 1.807) is 4.90 Å². The second kappa shape index (κ2) is 15.8. The molecule has 4 nitrogen and oxygen atoms in total. The standard InChI is InChI=1S/C15H20N2O.C7H11N/c1-3-17(13-16-2)15(18)14-11-9-7-5-4-6-8-10-12-14;1-3-4-5-7(2)6-8/h4-12,16H,3,13H2,1-2H3;3-6,8H,1-2H3/b;4-3+,7-5-,8-6?. The maximum absolute atomic E-state index is 12.3. The summed E-state index contributed by atoms with van der Waals surface area (Å²) in [5.74, 6) is 0.0331. The minimum atomic E-state index is 0.0331. The van der Waals surface area contributed by atoms with Crippen molar-refractivity contribution in [3.8, 4) is 0 Å². The van der Waals surface area contributed by atoms with Crippen LogP contribution in [-0.2, 0) is 0 Å². The van der Waals surface area contributed by atoms with Crippen molar-refractivity contribution in [2.45, 2.75) is 20.8 Å². The Morgan fingerprint density at radius 1 is 1.12 bits per heavy atom. The predicted molar refractivity (Wildman–Crippen MR) is 112 cm³/mol. The molecular weight excluding hydrogens is 322 g/mol. The molecule has 0 aromatic heterocycles. The summed E-state index contributed by atoms with van der Waals surface area (Å²) in [6.45, 7) is 7.06. The lowest BCUT2D eigenvalue weighted by Crippen LogP contribution is -2.37. The monoisotopic (exact) mass is 353 g/mol. The highest BCUT2D eigenvalue weighted by molar-refractivity contribution is 5.93. The van der Waals surface area contributed by atoms with Crippen LogP contribution in [0, 0.1) is 5.41 Å². The van der Waals surface area contributed by atoms with Crippen LogP contribution in [0.2, 0.25) is 0 Å². The first-order valence-corrected chi connectivity index (χ1v) is 8.72. The molecule has 4 heteroatoms. The Bertz CT molecular complexity index is 624. The zero-order valence-electron chi connectivity index (χ0n) is 16.3. The van der Waals surface area contributed by atoms with Gasteiger partial charge in [-0.1, -0.05) is 60.7 Å². The topological polar surface area (TPSA) is 56.2 Å². The molecule has 0 radical (unpaired) electrons. The molecule has 1 rings (SSSR count). The second-order valence-corrected chi connectivity index (χ2v) is 5.39. The molecule has 26 heavy (non-hydrogen) atoms. The van der Waals surface area contributed by atoms with Gasteiger partial charge in [-0.2, -0.15) is 0 Å². The highest BCUT2D eigenvalue weighted by atomic mass is 16.2. The van der Waals surface area contributed by atoms with Gasteiger partial charge in [-0.05, 0) is 45.5 Å². The first kappa shape index (κ1) is 23.3. The lowest BCUT2D eigenvalue weighted by atomic mass is 10.2. The molecule has 0 spiro atoms. The van der Waals surface area contributed by atoms with Crippen molar-refractivity contribution in [3.63, 3.8) is 0 Å². The van der Waals surface area contributed by atoms with Crippen LogP contribution >= 0.6 is 0 Å². The lowest BCUT2D eigenvalue weighted by molar-refractivity contribution is 0.0755. The summed E-state index contributed by atoms with van der Waals surface area (Å²) in [6.07, 6.45) is 7.08. The van der Waals surface area contributed by atoms with E-state index in [4.69, 9.17) is 5.41 Å². The quantitative estimate of drug-likeness (QED) is 0.446. The van der Waals surface area contributed by atoms with Gasteiger partial charge in [-0.15, -0.1) is 0 Å². The highest BCUT2D eigenvalue weighted by Crippen LogP contribution is 2.01. The Labute approximate surface area is 158 Å². The second-order valence-electron chi connectivity index (χ2n) is 5.39. The van der Waals surface area contributed by atoms with Crippen molar-refractivity contribution in [1.82, 2.24) is 10.2 Å². The van der Waals surface area contributed by atoms with E-state index in [0.29, 0.717) is 18.8 Å². The number of allylic oxidation sites excluding steroid dienone is 4. The molecule has 0 saturated carbocycles. The van der Waals surface area contributed by atoms with E-state index in [0.717, 1.165) is 5.57 Å². The van der Waals surface area contributed by atoms with E-state index in [1.807, 2.05) is 101 Å². The third-order valence-corrected chi connectivity index (χ3v) is 3.26. The summed E-state index contributed by atoms with van der Waals surface area (Å²) in [4.78, 5) is 14.0. The summed E-state index contributed by atoms with van der Waals surface area (Å²) >= 11 is 0. The van der Waals surface area contributed by atoms with Gasteiger partial charge in [0.1, 0.15) is 0 Å². The van der Waals surface area contributed by atoms with Crippen molar-refractivity contribution in [2.24, 2.45) is 0 Å². The van der Waals surface area contributed by atoms with Gasteiger partial charge in [-0.3, -0.25) is 4.79 Å². The number of carbonyl (C=O) groups excluding carboxylic acids is 1. The summed E-state index contributed by atoms with van der Waals surface area (Å²) in [6, 6.07) is 17.0. The summed E-state index contributed by atoms with van der Waals surface area (Å²) in [5, 5.41) is 9.76. The minimum absolute atomic E-state index is 0.0331. The first-order chi connectivity index (χ1) is 12.6.